The highest BCUT2D eigenvalue weighted by Gasteiger charge is 2.26. The lowest BCUT2D eigenvalue weighted by molar-refractivity contribution is 0.0661. The highest BCUT2D eigenvalue weighted by Crippen LogP contribution is 2.24. The van der Waals surface area contributed by atoms with Crippen LogP contribution in [0.5, 0.6) is 0 Å². The molecule has 31 heavy (non-hydrogen) atoms. The number of aromatic nitrogens is 5. The summed E-state index contributed by atoms with van der Waals surface area (Å²) in [6.45, 7) is 5.85. The van der Waals surface area contributed by atoms with Crippen LogP contribution < -0.4 is 0 Å². The van der Waals surface area contributed by atoms with E-state index in [2.05, 4.69) is 21.5 Å². The molecule has 0 saturated carbocycles. The molecule has 0 aliphatic carbocycles. The molecule has 158 valence electrons. The summed E-state index contributed by atoms with van der Waals surface area (Å²) in [6.07, 6.45) is 7.56. The molecule has 4 aromatic rings. The van der Waals surface area contributed by atoms with Gasteiger partial charge < -0.3 is 14.4 Å². The zero-order valence-electron chi connectivity index (χ0n) is 17.8. The lowest BCUT2D eigenvalue weighted by atomic mass is 10.2. The van der Waals surface area contributed by atoms with Crippen molar-refractivity contribution in [1.82, 2.24) is 33.7 Å². The van der Waals surface area contributed by atoms with E-state index >= 15 is 0 Å². The Bertz CT molecular complexity index is 1220. The molecule has 1 aliphatic rings. The topological polar surface area (TPSA) is 71.6 Å². The summed E-state index contributed by atoms with van der Waals surface area (Å²) in [4.78, 5) is 31.1. The Kier molecular flexibility index (Phi) is 4.99. The van der Waals surface area contributed by atoms with Crippen molar-refractivity contribution in [2.24, 2.45) is 0 Å². The SMILES string of the molecule is Cc1nc(-c2nc(C(=O)N3CCN(C)CC3)c3ccccn23)cn1Cc1cccnc1. The molecular formula is C23H25N7O. The average Bonchev–Trinajstić information content (AvgIpc) is 3.35. The molecule has 0 N–H and O–H groups in total. The number of rotatable bonds is 4. The Morgan fingerprint density at radius 3 is 2.68 bits per heavy atom. The molecule has 5 rings (SSSR count). The number of aryl methyl sites for hydroxylation is 1. The van der Waals surface area contributed by atoms with Gasteiger partial charge in [0.05, 0.1) is 12.1 Å². The van der Waals surface area contributed by atoms with Crippen molar-refractivity contribution in [3.63, 3.8) is 0 Å². The normalized spacial score (nSPS) is 15.0. The Hall–Kier alpha value is -3.52. The molecule has 0 aromatic carbocycles. The molecule has 0 radical (unpaired) electrons. The molecule has 4 aromatic heterocycles. The van der Waals surface area contributed by atoms with Crippen LogP contribution in [0.25, 0.3) is 17.0 Å². The Labute approximate surface area is 180 Å². The molecular weight excluding hydrogens is 390 g/mol. The summed E-state index contributed by atoms with van der Waals surface area (Å²) in [7, 11) is 2.08. The highest BCUT2D eigenvalue weighted by molar-refractivity contribution is 6.00. The number of fused-ring (bicyclic) bond motifs is 1. The van der Waals surface area contributed by atoms with Crippen LogP contribution in [0.2, 0.25) is 0 Å². The lowest BCUT2D eigenvalue weighted by Crippen LogP contribution is -2.47. The standard InChI is InChI=1S/C23H25N7O/c1-17-25-19(16-29(17)15-18-6-5-8-24-14-18)22-26-21(20-7-3-4-9-30(20)22)23(31)28-12-10-27(2)11-13-28/h3-9,14,16H,10-13,15H2,1-2H3. The van der Waals surface area contributed by atoms with Crippen LogP contribution in [-0.2, 0) is 6.54 Å². The van der Waals surface area contributed by atoms with Crippen molar-refractivity contribution in [3.05, 3.63) is 72.2 Å². The smallest absolute Gasteiger partial charge is 0.274 e. The van der Waals surface area contributed by atoms with E-state index < -0.39 is 0 Å². The first-order chi connectivity index (χ1) is 15.1. The maximum absolute atomic E-state index is 13.3. The van der Waals surface area contributed by atoms with Crippen LogP contribution in [0, 0.1) is 6.92 Å². The number of carbonyl (C=O) groups excluding carboxylic acids is 1. The molecule has 1 aliphatic heterocycles. The van der Waals surface area contributed by atoms with Crippen molar-refractivity contribution in [3.8, 4) is 11.5 Å². The van der Waals surface area contributed by atoms with Crippen molar-refractivity contribution in [2.75, 3.05) is 33.2 Å². The van der Waals surface area contributed by atoms with E-state index in [9.17, 15) is 4.79 Å². The zero-order chi connectivity index (χ0) is 21.4. The third kappa shape index (κ3) is 3.70. The number of piperazine rings is 1. The number of pyridine rings is 2. The van der Waals surface area contributed by atoms with Crippen molar-refractivity contribution < 1.29 is 4.79 Å². The van der Waals surface area contributed by atoms with E-state index in [1.54, 1.807) is 6.20 Å². The maximum Gasteiger partial charge on any atom is 0.274 e. The molecule has 1 amide bonds. The molecule has 0 bridgehead atoms. The monoisotopic (exact) mass is 415 g/mol. The van der Waals surface area contributed by atoms with Gasteiger partial charge in [0.2, 0.25) is 0 Å². The van der Waals surface area contributed by atoms with E-state index in [-0.39, 0.29) is 5.91 Å². The van der Waals surface area contributed by atoms with Gasteiger partial charge in [0, 0.05) is 51.0 Å². The molecule has 8 heteroatoms. The van der Waals surface area contributed by atoms with Gasteiger partial charge in [-0.15, -0.1) is 0 Å². The Balaban J connectivity index is 1.51. The quantitative estimate of drug-likeness (QED) is 0.512. The fourth-order valence-corrected chi connectivity index (χ4v) is 4.00. The lowest BCUT2D eigenvalue weighted by Gasteiger charge is -2.32. The second-order valence-electron chi connectivity index (χ2n) is 8.00. The number of hydrogen-bond acceptors (Lipinski definition) is 5. The van der Waals surface area contributed by atoms with Crippen LogP contribution in [0.4, 0.5) is 0 Å². The average molecular weight is 416 g/mol. The van der Waals surface area contributed by atoms with Gasteiger partial charge >= 0.3 is 0 Å². The highest BCUT2D eigenvalue weighted by atomic mass is 16.2. The first kappa shape index (κ1) is 19.4. The number of likely N-dealkylation sites (N-methyl/N-ethyl adjacent to an activating group) is 1. The van der Waals surface area contributed by atoms with E-state index in [1.165, 1.54) is 0 Å². The molecule has 5 heterocycles. The maximum atomic E-state index is 13.3. The molecule has 8 nitrogen and oxygen atoms in total. The van der Waals surface area contributed by atoms with E-state index in [0.717, 1.165) is 48.8 Å². The number of nitrogens with zero attached hydrogens (tertiary/aromatic N) is 7. The van der Waals surface area contributed by atoms with Crippen molar-refractivity contribution in [1.29, 1.82) is 0 Å². The fraction of sp³-hybridized carbons (Fsp3) is 0.304. The van der Waals surface area contributed by atoms with Gasteiger partial charge in [-0.05, 0) is 37.7 Å². The summed E-state index contributed by atoms with van der Waals surface area (Å²) in [6, 6.07) is 9.81. The second-order valence-corrected chi connectivity index (χ2v) is 8.00. The van der Waals surface area contributed by atoms with Crippen molar-refractivity contribution in [2.45, 2.75) is 13.5 Å². The van der Waals surface area contributed by atoms with Gasteiger partial charge in [-0.25, -0.2) is 9.97 Å². The van der Waals surface area contributed by atoms with Gasteiger partial charge in [0.25, 0.3) is 5.91 Å². The summed E-state index contributed by atoms with van der Waals surface area (Å²) >= 11 is 0. The molecule has 1 saturated heterocycles. The minimum absolute atomic E-state index is 0.0189. The van der Waals surface area contributed by atoms with Gasteiger partial charge in [-0.2, -0.15) is 0 Å². The van der Waals surface area contributed by atoms with Gasteiger partial charge in [0.15, 0.2) is 11.5 Å². The number of imidazole rings is 2. The van der Waals surface area contributed by atoms with E-state index in [0.29, 0.717) is 18.1 Å². The van der Waals surface area contributed by atoms with Crippen LogP contribution in [-0.4, -0.2) is 72.9 Å². The van der Waals surface area contributed by atoms with E-state index in [4.69, 9.17) is 9.97 Å². The van der Waals surface area contributed by atoms with Gasteiger partial charge in [-0.1, -0.05) is 12.1 Å². The van der Waals surface area contributed by atoms with Gasteiger partial charge in [-0.3, -0.25) is 14.2 Å². The fourth-order valence-electron chi connectivity index (χ4n) is 4.00. The molecule has 0 unspecified atom stereocenters. The first-order valence-electron chi connectivity index (χ1n) is 10.5. The zero-order valence-corrected chi connectivity index (χ0v) is 17.8. The second kappa shape index (κ2) is 7.96. The molecule has 0 spiro atoms. The van der Waals surface area contributed by atoms with Crippen LogP contribution in [0.15, 0.2) is 55.1 Å². The summed E-state index contributed by atoms with van der Waals surface area (Å²) < 4.78 is 4.04. The summed E-state index contributed by atoms with van der Waals surface area (Å²) in [5.74, 6) is 1.55. The van der Waals surface area contributed by atoms with Crippen LogP contribution in [0.1, 0.15) is 21.9 Å². The number of hydrogen-bond donors (Lipinski definition) is 0. The van der Waals surface area contributed by atoms with Gasteiger partial charge in [0.1, 0.15) is 11.5 Å². The number of carbonyl (C=O) groups is 1. The Morgan fingerprint density at radius 2 is 1.90 bits per heavy atom. The minimum Gasteiger partial charge on any atom is -0.335 e. The predicted molar refractivity (Wildman–Crippen MR) is 118 cm³/mol. The third-order valence-electron chi connectivity index (χ3n) is 5.82. The van der Waals surface area contributed by atoms with E-state index in [1.807, 2.05) is 65.1 Å². The summed E-state index contributed by atoms with van der Waals surface area (Å²) in [5, 5.41) is 0. The Morgan fingerprint density at radius 1 is 1.06 bits per heavy atom. The summed E-state index contributed by atoms with van der Waals surface area (Å²) in [5.41, 5.74) is 3.15. The number of amides is 1. The molecule has 0 atom stereocenters. The largest absolute Gasteiger partial charge is 0.335 e. The third-order valence-corrected chi connectivity index (χ3v) is 5.82. The minimum atomic E-state index is -0.0189. The first-order valence-corrected chi connectivity index (χ1v) is 10.5. The van der Waals surface area contributed by atoms with Crippen molar-refractivity contribution >= 4 is 11.4 Å². The van der Waals surface area contributed by atoms with Crippen LogP contribution in [0.3, 0.4) is 0 Å². The molecule has 1 fully saturated rings. The van der Waals surface area contributed by atoms with Crippen LogP contribution >= 0.6 is 0 Å². The predicted octanol–water partition coefficient (Wildman–Crippen LogP) is 2.34.